The van der Waals surface area contributed by atoms with Gasteiger partial charge in [0.1, 0.15) is 17.2 Å². The minimum Gasteiger partial charge on any atom is -0.480 e. The molecule has 4 heterocycles. The molecular formula is C83H107N19O20S2. The Bertz CT molecular complexity index is 5530. The molecule has 0 saturated carbocycles. The lowest BCUT2D eigenvalue weighted by atomic mass is 10.1. The van der Waals surface area contributed by atoms with E-state index < -0.39 is 91.3 Å². The minimum atomic E-state index is -4.54. The van der Waals surface area contributed by atoms with E-state index in [0.717, 1.165) is 22.3 Å². The van der Waals surface area contributed by atoms with E-state index in [1.165, 1.54) is 12.4 Å². The van der Waals surface area contributed by atoms with Crippen LogP contribution >= 0.6 is 0 Å². The average Bonchev–Trinajstić information content (AvgIpc) is 0.789. The van der Waals surface area contributed by atoms with Crippen molar-refractivity contribution in [1.29, 1.82) is 5.41 Å². The summed E-state index contributed by atoms with van der Waals surface area (Å²) in [4.78, 5) is 170. The first-order valence-corrected chi connectivity index (χ1v) is 43.3. The number of rotatable bonds is 53. The first-order valence-electron chi connectivity index (χ1n) is 40.4. The SMILES string of the molecule is Cc1cc(C)c(S(=O)(=O)/N=C(/CNC(=O)c2cn(CCCNC(=O)CCC(=O)NCCCOCCCNC(=O)C(=N)CCC(=O)NCCCOCCCNC(=O)CCC(=O)NCCCn3cc(C(=O)NC[C@H](NS(=O)(=O)c4c(C)cc(C)cc4C)C(=O)O)c(=O)c4ccc(CNc5ncc[nH]5)cc43)c3cc(CNc4ncc[nH]4)ccc3c2=O)C(=O)O)c(C)c1. The summed E-state index contributed by atoms with van der Waals surface area (Å²) in [7, 11) is -8.91. The summed E-state index contributed by atoms with van der Waals surface area (Å²) in [5.41, 5.74) is 2.37. The summed E-state index contributed by atoms with van der Waals surface area (Å²) in [6.07, 6.45) is 11.0. The number of nitrogens with zero attached hydrogens (tertiary/aromatic N) is 5. The number of H-pyrrole nitrogens is 2. The molecule has 8 rings (SSSR count). The molecule has 666 valence electrons. The van der Waals surface area contributed by atoms with Crippen LogP contribution in [0.2, 0.25) is 0 Å². The maximum Gasteiger partial charge on any atom is 0.353 e. The molecular weight excluding hydrogens is 1650 g/mol. The number of hydrogen-bond donors (Lipinski definition) is 16. The molecule has 0 radical (unpaired) electrons. The van der Waals surface area contributed by atoms with Crippen molar-refractivity contribution in [3.05, 3.63) is 174 Å². The van der Waals surface area contributed by atoms with Crippen molar-refractivity contribution >= 4 is 124 Å². The second-order valence-electron chi connectivity index (χ2n) is 29.4. The fraction of sp³-hybridized carbons (Fsp3) is 0.422. The van der Waals surface area contributed by atoms with Crippen LogP contribution < -0.4 is 68.7 Å². The summed E-state index contributed by atoms with van der Waals surface area (Å²) in [6.45, 7) is 11.9. The molecule has 39 nitrogen and oxygen atoms in total. The third kappa shape index (κ3) is 30.0. The van der Waals surface area contributed by atoms with Gasteiger partial charge >= 0.3 is 11.9 Å². The van der Waals surface area contributed by atoms with Crippen LogP contribution in [0.3, 0.4) is 0 Å². The van der Waals surface area contributed by atoms with Gasteiger partial charge in [-0.05, 0) is 138 Å². The van der Waals surface area contributed by atoms with Gasteiger partial charge in [-0.3, -0.25) is 58.1 Å². The van der Waals surface area contributed by atoms with Crippen LogP contribution in [0.5, 0.6) is 0 Å². The third-order valence-corrected chi connectivity index (χ3v) is 22.7. The van der Waals surface area contributed by atoms with Gasteiger partial charge < -0.3 is 92.0 Å². The number of benzene rings is 4. The number of fused-ring (bicyclic) bond motifs is 2. The standard InChI is InChI=1S/C83H107N19O20S2/c1-51-39-53(3)75(54(4)40-51)123(117,118)99-64(80(113)114)47-95-77(110)61-49-101(66-43-57(13-15-59(66)73(61)108)45-97-82-91-29-30-92-82)33-7-23-85-69(104)19-21-71(106)88-26-10-36-121-35-9-25-87-68(103)18-17-63(84)79(112)90-28-12-38-122-37-11-27-89-72(107)22-20-70(105)86-24-8-34-102-50-62(74(109)60-16-14-58(44-67(60)102)46-98-83-93-31-32-94-83)78(111)96-48-65(81(115)116)100-124(119,120)76-55(5)41-52(2)42-56(76)6/h13-16,29-32,39-44,49-50,64,84,99H,7-12,17-28,33-38,45-48H2,1-6H3,(H,85,104)(H,86,105)(H,87,103)(H,88,106)(H,89,107)(H,90,112)(H,95,110)(H,96,111)(H,113,114)(H,115,116)(H2,91,92,97)(H2,93,94,98)/b84-63?,100-65-/t64-/m0/s1. The van der Waals surface area contributed by atoms with Crippen molar-refractivity contribution in [2.75, 3.05) is 89.4 Å². The Balaban J connectivity index is 0.633. The van der Waals surface area contributed by atoms with Crippen LogP contribution in [0.25, 0.3) is 21.8 Å². The molecule has 0 fully saturated rings. The highest BCUT2D eigenvalue weighted by atomic mass is 32.2. The summed E-state index contributed by atoms with van der Waals surface area (Å²) < 4.78 is 74.0. The molecule has 16 N–H and O–H groups in total. The number of imidazole rings is 2. The predicted molar refractivity (Wildman–Crippen MR) is 461 cm³/mol. The van der Waals surface area contributed by atoms with Gasteiger partial charge in [0.2, 0.25) is 50.4 Å². The molecule has 4 aromatic carbocycles. The van der Waals surface area contributed by atoms with Gasteiger partial charge in [-0.1, -0.05) is 47.5 Å². The Morgan fingerprint density at radius 3 is 1.28 bits per heavy atom. The summed E-state index contributed by atoms with van der Waals surface area (Å²) in [5, 5.41) is 55.9. The van der Waals surface area contributed by atoms with E-state index in [-0.39, 0.29) is 152 Å². The number of hydrogen-bond acceptors (Lipinski definition) is 23. The number of ether oxygens (including phenoxy) is 2. The maximum absolute atomic E-state index is 13.9. The zero-order valence-electron chi connectivity index (χ0n) is 69.9. The Kier molecular flexibility index (Phi) is 37.0. The fourth-order valence-electron chi connectivity index (χ4n) is 13.5. The maximum atomic E-state index is 13.9. The van der Waals surface area contributed by atoms with Crippen LogP contribution in [-0.4, -0.2) is 212 Å². The van der Waals surface area contributed by atoms with Crippen molar-refractivity contribution in [1.82, 2.24) is 76.3 Å². The van der Waals surface area contributed by atoms with E-state index in [2.05, 4.69) is 82.2 Å². The van der Waals surface area contributed by atoms with Crippen LogP contribution in [-0.2, 0) is 94.1 Å². The predicted octanol–water partition coefficient (Wildman–Crippen LogP) is 3.77. The number of aryl methyl sites for hydroxylation is 8. The smallest absolute Gasteiger partial charge is 0.353 e. The molecule has 124 heavy (non-hydrogen) atoms. The lowest BCUT2D eigenvalue weighted by Crippen LogP contribution is -2.49. The first kappa shape index (κ1) is 96.6. The van der Waals surface area contributed by atoms with Crippen molar-refractivity contribution in [3.8, 4) is 0 Å². The number of carbonyl (C=O) groups is 10. The highest BCUT2D eigenvalue weighted by Crippen LogP contribution is 2.26. The molecule has 41 heteroatoms. The number of carbonyl (C=O) groups excluding carboxylic acids is 8. The Morgan fingerprint density at radius 2 is 0.887 bits per heavy atom. The van der Waals surface area contributed by atoms with Gasteiger partial charge in [-0.25, -0.2) is 23.2 Å². The third-order valence-electron chi connectivity index (χ3n) is 19.3. The van der Waals surface area contributed by atoms with Crippen LogP contribution in [0.4, 0.5) is 11.9 Å². The molecule has 0 aliphatic heterocycles. The summed E-state index contributed by atoms with van der Waals surface area (Å²) in [6, 6.07) is 14.8. The van der Waals surface area contributed by atoms with Crippen molar-refractivity contribution < 1.29 is 84.5 Å². The lowest BCUT2D eigenvalue weighted by Gasteiger charge is -2.19. The molecule has 0 bridgehead atoms. The normalized spacial score (nSPS) is 11.8. The number of aliphatic carboxylic acids is 2. The molecule has 0 aliphatic carbocycles. The number of carboxylic acids is 2. The number of pyridine rings is 2. The van der Waals surface area contributed by atoms with Gasteiger partial charge in [-0.2, -0.15) is 17.5 Å². The van der Waals surface area contributed by atoms with Gasteiger partial charge in [0.15, 0.2) is 17.6 Å². The Morgan fingerprint density at radius 1 is 0.500 bits per heavy atom. The van der Waals surface area contributed by atoms with Crippen LogP contribution in [0.1, 0.15) is 142 Å². The molecule has 8 amide bonds. The highest BCUT2D eigenvalue weighted by Gasteiger charge is 2.31. The number of aromatic amines is 2. The van der Waals surface area contributed by atoms with Gasteiger partial charge in [0.25, 0.3) is 27.7 Å². The Labute approximate surface area is 715 Å². The molecule has 8 aromatic rings. The minimum absolute atomic E-state index is 0.0779. The van der Waals surface area contributed by atoms with Crippen molar-refractivity contribution in [2.45, 2.75) is 161 Å². The largest absolute Gasteiger partial charge is 0.480 e. The van der Waals surface area contributed by atoms with E-state index in [4.69, 9.17) is 14.9 Å². The second-order valence-corrected chi connectivity index (χ2v) is 32.6. The zero-order chi connectivity index (χ0) is 90.0. The first-order chi connectivity index (χ1) is 59.2. The van der Waals surface area contributed by atoms with Gasteiger partial charge in [-0.15, -0.1) is 0 Å². The van der Waals surface area contributed by atoms with Gasteiger partial charge in [0, 0.05) is 185 Å². The summed E-state index contributed by atoms with van der Waals surface area (Å²) in [5.74, 6) is -6.62. The fourth-order valence-corrected chi connectivity index (χ4v) is 16.6. The highest BCUT2D eigenvalue weighted by molar-refractivity contribution is 7.90. The van der Waals surface area contributed by atoms with Crippen LogP contribution in [0, 0.1) is 47.0 Å². The quantitative estimate of drug-likeness (QED) is 0.0190. The molecule has 0 saturated heterocycles. The van der Waals surface area contributed by atoms with E-state index in [0.29, 0.717) is 123 Å². The second kappa shape index (κ2) is 47.5. The number of aromatic nitrogens is 6. The Hall–Kier alpha value is -12.9. The van der Waals surface area contributed by atoms with E-state index in [1.54, 1.807) is 136 Å². The van der Waals surface area contributed by atoms with E-state index in [1.807, 2.05) is 0 Å². The lowest BCUT2D eigenvalue weighted by molar-refractivity contribution is -0.139. The van der Waals surface area contributed by atoms with E-state index in [9.17, 15) is 84.6 Å². The monoisotopic (exact) mass is 1750 g/mol. The van der Waals surface area contributed by atoms with E-state index >= 15 is 0 Å². The van der Waals surface area contributed by atoms with Crippen molar-refractivity contribution in [2.24, 2.45) is 4.40 Å². The molecule has 0 aliphatic rings. The van der Waals surface area contributed by atoms with Crippen molar-refractivity contribution in [3.63, 3.8) is 0 Å². The number of anilines is 2. The number of nitrogens with one attached hydrogen (secondary N) is 14. The molecule has 0 unspecified atom stereocenters. The molecule has 0 spiro atoms. The topological polar surface area (TPSA) is 568 Å². The number of amides is 8. The molecule has 4 aromatic heterocycles. The number of sulfonamides is 2. The van der Waals surface area contributed by atoms with Crippen LogP contribution in [0.15, 0.2) is 122 Å². The average molecular weight is 1760 g/mol. The number of carboxylic acid groups (broad SMARTS) is 2. The van der Waals surface area contributed by atoms with Gasteiger partial charge in [0.05, 0.1) is 33.1 Å². The summed E-state index contributed by atoms with van der Waals surface area (Å²) >= 11 is 0. The molecule has 1 atom stereocenters. The zero-order valence-corrected chi connectivity index (χ0v) is 71.5.